The Labute approximate surface area is 152 Å². The first-order valence-corrected chi connectivity index (χ1v) is 7.76. The van der Waals surface area contributed by atoms with Crippen molar-refractivity contribution in [3.05, 3.63) is 59.4 Å². The van der Waals surface area contributed by atoms with E-state index >= 15 is 0 Å². The number of nitrogens with one attached hydrogen (secondary N) is 1. The largest absolute Gasteiger partial charge is 0.484 e. The molecule has 0 aliphatic carbocycles. The molecule has 3 rings (SSSR count). The number of hydrogen-bond acceptors (Lipinski definition) is 6. The number of hydrogen-bond donors (Lipinski definition) is 2. The Hall–Kier alpha value is -3.46. The molecule has 26 heavy (non-hydrogen) atoms. The summed E-state index contributed by atoms with van der Waals surface area (Å²) in [4.78, 5) is 23.5. The first-order valence-electron chi connectivity index (χ1n) is 7.38. The second kappa shape index (κ2) is 7.62. The molecule has 2 amide bonds. The molecule has 3 aromatic rings. The number of primary amides is 1. The third-order valence-electron chi connectivity index (χ3n) is 3.32. The van der Waals surface area contributed by atoms with Crippen LogP contribution in [0.4, 0.5) is 5.69 Å². The second-order valence-corrected chi connectivity index (χ2v) is 5.58. The van der Waals surface area contributed by atoms with Crippen LogP contribution in [0.15, 0.2) is 48.8 Å². The van der Waals surface area contributed by atoms with E-state index in [1.165, 1.54) is 23.1 Å². The van der Waals surface area contributed by atoms with Crippen molar-refractivity contribution < 1.29 is 14.3 Å². The van der Waals surface area contributed by atoms with E-state index in [0.29, 0.717) is 16.5 Å². The van der Waals surface area contributed by atoms with Crippen LogP contribution in [-0.4, -0.2) is 38.6 Å². The topological polar surface area (TPSA) is 125 Å². The van der Waals surface area contributed by atoms with Crippen molar-refractivity contribution in [3.63, 3.8) is 0 Å². The van der Waals surface area contributed by atoms with Crippen molar-refractivity contribution in [2.24, 2.45) is 5.73 Å². The molecule has 10 heteroatoms. The zero-order valence-corrected chi connectivity index (χ0v) is 14.1. The lowest BCUT2D eigenvalue weighted by atomic mass is 10.1. The van der Waals surface area contributed by atoms with Crippen molar-refractivity contribution in [1.29, 1.82) is 0 Å². The van der Waals surface area contributed by atoms with E-state index in [4.69, 9.17) is 22.1 Å². The summed E-state index contributed by atoms with van der Waals surface area (Å²) in [6.45, 7) is -0.264. The van der Waals surface area contributed by atoms with Crippen molar-refractivity contribution in [1.82, 2.24) is 20.2 Å². The molecule has 0 aliphatic rings. The molecule has 0 aliphatic heterocycles. The van der Waals surface area contributed by atoms with Crippen molar-refractivity contribution >= 4 is 29.1 Å². The average molecular weight is 373 g/mol. The molecule has 1 heterocycles. The molecule has 3 N–H and O–H groups in total. The van der Waals surface area contributed by atoms with Gasteiger partial charge in [-0.05, 0) is 40.8 Å². The van der Waals surface area contributed by atoms with Gasteiger partial charge in [-0.25, -0.2) is 4.68 Å². The molecule has 0 fully saturated rings. The van der Waals surface area contributed by atoms with E-state index in [-0.39, 0.29) is 17.9 Å². The number of halogens is 1. The number of nitrogens with zero attached hydrogens (tertiary/aromatic N) is 4. The highest BCUT2D eigenvalue weighted by molar-refractivity contribution is 6.31. The van der Waals surface area contributed by atoms with E-state index < -0.39 is 11.8 Å². The smallest absolute Gasteiger partial charge is 0.262 e. The van der Waals surface area contributed by atoms with Crippen LogP contribution in [0.25, 0.3) is 5.69 Å². The van der Waals surface area contributed by atoms with Gasteiger partial charge in [-0.15, -0.1) is 5.10 Å². The maximum atomic E-state index is 12.1. The van der Waals surface area contributed by atoms with Gasteiger partial charge in [-0.3, -0.25) is 9.59 Å². The maximum Gasteiger partial charge on any atom is 0.262 e. The van der Waals surface area contributed by atoms with E-state index in [0.717, 1.165) is 0 Å². The minimum Gasteiger partial charge on any atom is -0.484 e. The van der Waals surface area contributed by atoms with Gasteiger partial charge in [0.05, 0.1) is 16.9 Å². The maximum absolute atomic E-state index is 12.1. The highest BCUT2D eigenvalue weighted by Gasteiger charge is 2.12. The van der Waals surface area contributed by atoms with Crippen LogP contribution >= 0.6 is 11.6 Å². The van der Waals surface area contributed by atoms with Crippen LogP contribution in [0.2, 0.25) is 5.02 Å². The summed E-state index contributed by atoms with van der Waals surface area (Å²) in [6.07, 6.45) is 1.44. The lowest BCUT2D eigenvalue weighted by molar-refractivity contribution is -0.118. The Morgan fingerprint density at radius 1 is 1.23 bits per heavy atom. The van der Waals surface area contributed by atoms with Gasteiger partial charge in [0, 0.05) is 11.1 Å². The highest BCUT2D eigenvalue weighted by atomic mass is 35.5. The number of tetrazole rings is 1. The van der Waals surface area contributed by atoms with Gasteiger partial charge in [0.15, 0.2) is 6.61 Å². The molecule has 1 aromatic heterocycles. The van der Waals surface area contributed by atoms with Crippen LogP contribution in [0.5, 0.6) is 5.75 Å². The van der Waals surface area contributed by atoms with Crippen molar-refractivity contribution in [2.75, 3.05) is 11.9 Å². The van der Waals surface area contributed by atoms with Crippen LogP contribution in [0, 0.1) is 0 Å². The number of ether oxygens (including phenoxy) is 1. The monoisotopic (exact) mass is 372 g/mol. The summed E-state index contributed by atoms with van der Waals surface area (Å²) < 4.78 is 6.92. The first-order chi connectivity index (χ1) is 12.5. The minimum atomic E-state index is -0.696. The predicted octanol–water partition coefficient (Wildman–Crippen LogP) is 1.43. The second-order valence-electron chi connectivity index (χ2n) is 5.14. The average Bonchev–Trinajstić information content (AvgIpc) is 3.16. The normalized spacial score (nSPS) is 10.3. The molecular formula is C16H13ClN6O3. The van der Waals surface area contributed by atoms with Crippen LogP contribution in [0.3, 0.4) is 0 Å². The Morgan fingerprint density at radius 2 is 2.08 bits per heavy atom. The minimum absolute atomic E-state index is 0.117. The summed E-state index contributed by atoms with van der Waals surface area (Å²) in [5.74, 6) is -0.695. The number of nitrogens with two attached hydrogens (primary N) is 1. The molecule has 0 spiro atoms. The SMILES string of the molecule is NC(=O)c1cc(Cl)ccc1NC(=O)COc1cccc(-n2cnnn2)c1. The molecule has 0 radical (unpaired) electrons. The first kappa shape index (κ1) is 17.4. The van der Waals surface area contributed by atoms with E-state index in [1.807, 2.05) is 0 Å². The van der Waals surface area contributed by atoms with Gasteiger partial charge in [0.2, 0.25) is 0 Å². The van der Waals surface area contributed by atoms with Gasteiger partial charge >= 0.3 is 0 Å². The third-order valence-corrected chi connectivity index (χ3v) is 3.56. The lowest BCUT2D eigenvalue weighted by Crippen LogP contribution is -2.23. The zero-order chi connectivity index (χ0) is 18.5. The van der Waals surface area contributed by atoms with Crippen LogP contribution in [0.1, 0.15) is 10.4 Å². The van der Waals surface area contributed by atoms with Crippen molar-refractivity contribution in [3.8, 4) is 11.4 Å². The highest BCUT2D eigenvalue weighted by Crippen LogP contribution is 2.20. The Morgan fingerprint density at radius 3 is 2.81 bits per heavy atom. The van der Waals surface area contributed by atoms with Gasteiger partial charge < -0.3 is 15.8 Å². The number of aromatic nitrogens is 4. The summed E-state index contributed by atoms with van der Waals surface area (Å²) in [7, 11) is 0. The summed E-state index contributed by atoms with van der Waals surface area (Å²) in [6, 6.07) is 11.3. The van der Waals surface area contributed by atoms with Crippen LogP contribution in [-0.2, 0) is 4.79 Å². The predicted molar refractivity (Wildman–Crippen MR) is 93.2 cm³/mol. The van der Waals surface area contributed by atoms with Gasteiger partial charge in [-0.2, -0.15) is 0 Å². The molecule has 0 bridgehead atoms. The summed E-state index contributed by atoms with van der Waals surface area (Å²) in [5, 5.41) is 13.8. The van der Waals surface area contributed by atoms with Crippen molar-refractivity contribution in [2.45, 2.75) is 0 Å². The fourth-order valence-corrected chi connectivity index (χ4v) is 2.33. The summed E-state index contributed by atoms with van der Waals surface area (Å²) in [5.41, 5.74) is 6.35. The zero-order valence-electron chi connectivity index (χ0n) is 13.3. The summed E-state index contributed by atoms with van der Waals surface area (Å²) >= 11 is 5.83. The molecule has 0 saturated heterocycles. The Kier molecular flexibility index (Phi) is 5.09. The van der Waals surface area contributed by atoms with Gasteiger partial charge in [-0.1, -0.05) is 17.7 Å². The van der Waals surface area contributed by atoms with Gasteiger partial charge in [0.1, 0.15) is 12.1 Å². The van der Waals surface area contributed by atoms with Crippen LogP contribution < -0.4 is 15.8 Å². The molecule has 0 saturated carbocycles. The number of carbonyl (C=O) groups is 2. The lowest BCUT2D eigenvalue weighted by Gasteiger charge is -2.11. The fraction of sp³-hybridized carbons (Fsp3) is 0.0625. The standard InChI is InChI=1S/C16H13ClN6O3/c17-10-4-5-14(13(6-10)16(18)25)20-15(24)8-26-12-3-1-2-11(7-12)23-9-19-21-22-23/h1-7,9H,8H2,(H2,18,25)(H,20,24). The number of carbonyl (C=O) groups excluding carboxylic acids is 2. The molecule has 0 atom stereocenters. The number of benzene rings is 2. The number of rotatable bonds is 6. The molecule has 132 valence electrons. The quantitative estimate of drug-likeness (QED) is 0.674. The molecule has 9 nitrogen and oxygen atoms in total. The number of amides is 2. The molecule has 2 aromatic carbocycles. The Balaban J connectivity index is 1.65. The fourth-order valence-electron chi connectivity index (χ4n) is 2.16. The van der Waals surface area contributed by atoms with Gasteiger partial charge in [0.25, 0.3) is 11.8 Å². The van der Waals surface area contributed by atoms with E-state index in [2.05, 4.69) is 20.8 Å². The molecular weight excluding hydrogens is 360 g/mol. The number of anilines is 1. The Bertz CT molecular complexity index is 945. The van der Waals surface area contributed by atoms with E-state index in [9.17, 15) is 9.59 Å². The molecule has 0 unspecified atom stereocenters. The van der Waals surface area contributed by atoms with E-state index in [1.54, 1.807) is 30.3 Å². The third kappa shape index (κ3) is 4.14.